The molecule has 3 rings (SSSR count). The maximum atomic E-state index is 10.1. The molecule has 20 heavy (non-hydrogen) atoms. The third-order valence-electron chi connectivity index (χ3n) is 3.35. The van der Waals surface area contributed by atoms with Crippen LogP contribution in [0.2, 0.25) is 0 Å². The van der Waals surface area contributed by atoms with Gasteiger partial charge in [-0.15, -0.1) is 0 Å². The minimum Gasteiger partial charge on any atom is -0.508 e. The van der Waals surface area contributed by atoms with Crippen LogP contribution in [0.5, 0.6) is 5.75 Å². The lowest BCUT2D eigenvalue weighted by molar-refractivity contribution is 0.465. The number of phenolic OH excluding ortho intramolecular Hbond substituents is 1. The van der Waals surface area contributed by atoms with Gasteiger partial charge in [0.15, 0.2) is 0 Å². The van der Waals surface area contributed by atoms with Crippen LogP contribution >= 0.6 is 0 Å². The topological polar surface area (TPSA) is 45.1 Å². The number of phenols is 1. The van der Waals surface area contributed by atoms with Crippen molar-refractivity contribution in [2.75, 3.05) is 0 Å². The summed E-state index contributed by atoms with van der Waals surface area (Å²) in [5.41, 5.74) is 1.92. The highest BCUT2D eigenvalue weighted by Crippen LogP contribution is 2.26. The highest BCUT2D eigenvalue weighted by molar-refractivity contribution is 5.87. The van der Waals surface area contributed by atoms with E-state index in [2.05, 4.69) is 16.4 Å². The third kappa shape index (κ3) is 2.63. The maximum absolute atomic E-state index is 10.1. The van der Waals surface area contributed by atoms with Crippen LogP contribution in [0.25, 0.3) is 10.8 Å². The lowest BCUT2D eigenvalue weighted by Crippen LogP contribution is -2.13. The van der Waals surface area contributed by atoms with Crippen molar-refractivity contribution in [1.82, 2.24) is 10.3 Å². The zero-order valence-electron chi connectivity index (χ0n) is 11.1. The summed E-state index contributed by atoms with van der Waals surface area (Å²) < 4.78 is 0. The van der Waals surface area contributed by atoms with E-state index in [9.17, 15) is 5.11 Å². The summed E-state index contributed by atoms with van der Waals surface area (Å²) in [4.78, 5) is 4.27. The molecular weight excluding hydrogens is 248 g/mol. The largest absolute Gasteiger partial charge is 0.508 e. The number of aromatic hydroxyl groups is 1. The first-order valence-corrected chi connectivity index (χ1v) is 6.65. The van der Waals surface area contributed by atoms with Crippen LogP contribution in [-0.4, -0.2) is 10.1 Å². The fourth-order valence-electron chi connectivity index (χ4n) is 2.33. The summed E-state index contributed by atoms with van der Waals surface area (Å²) >= 11 is 0. The van der Waals surface area contributed by atoms with Crippen molar-refractivity contribution < 1.29 is 5.11 Å². The van der Waals surface area contributed by atoms with Crippen molar-refractivity contribution in [3.05, 3.63) is 72.1 Å². The zero-order chi connectivity index (χ0) is 13.8. The van der Waals surface area contributed by atoms with E-state index in [1.807, 2.05) is 42.5 Å². The molecule has 0 spiro atoms. The van der Waals surface area contributed by atoms with Crippen molar-refractivity contribution >= 4 is 10.8 Å². The molecule has 2 aromatic carbocycles. The minimum absolute atomic E-state index is 0.331. The standard InChI is InChI=1S/C17H16N2O/c20-17-9-8-13-5-1-2-7-15(13)16(17)12-18-11-14-6-3-4-10-19-14/h1-10,18,20H,11-12H2. The third-order valence-corrected chi connectivity index (χ3v) is 3.35. The van der Waals surface area contributed by atoms with Crippen LogP contribution < -0.4 is 5.32 Å². The number of hydrogen-bond donors (Lipinski definition) is 2. The fraction of sp³-hybridized carbons (Fsp3) is 0.118. The van der Waals surface area contributed by atoms with E-state index in [1.165, 1.54) is 0 Å². The highest BCUT2D eigenvalue weighted by Gasteiger charge is 2.06. The zero-order valence-corrected chi connectivity index (χ0v) is 11.1. The molecule has 2 N–H and O–H groups in total. The SMILES string of the molecule is Oc1ccc2ccccc2c1CNCc1ccccn1. The van der Waals surface area contributed by atoms with E-state index in [1.54, 1.807) is 12.3 Å². The molecule has 0 bridgehead atoms. The van der Waals surface area contributed by atoms with Gasteiger partial charge in [-0.1, -0.05) is 36.4 Å². The molecule has 0 saturated carbocycles. The van der Waals surface area contributed by atoms with Crippen LogP contribution in [0.15, 0.2) is 60.8 Å². The van der Waals surface area contributed by atoms with E-state index in [0.29, 0.717) is 18.8 Å². The van der Waals surface area contributed by atoms with Gasteiger partial charge >= 0.3 is 0 Å². The molecule has 0 unspecified atom stereocenters. The van der Waals surface area contributed by atoms with Crippen LogP contribution in [0.4, 0.5) is 0 Å². The van der Waals surface area contributed by atoms with Gasteiger partial charge in [0.05, 0.1) is 5.69 Å². The molecule has 0 aliphatic rings. The lowest BCUT2D eigenvalue weighted by atomic mass is 10.0. The van der Waals surface area contributed by atoms with Gasteiger partial charge in [-0.05, 0) is 29.0 Å². The quantitative estimate of drug-likeness (QED) is 0.760. The lowest BCUT2D eigenvalue weighted by Gasteiger charge is -2.10. The molecule has 0 radical (unpaired) electrons. The van der Waals surface area contributed by atoms with Crippen LogP contribution in [-0.2, 0) is 13.1 Å². The van der Waals surface area contributed by atoms with E-state index in [0.717, 1.165) is 22.0 Å². The molecule has 0 aliphatic heterocycles. The second kappa shape index (κ2) is 5.72. The highest BCUT2D eigenvalue weighted by atomic mass is 16.3. The van der Waals surface area contributed by atoms with Crippen molar-refractivity contribution in [2.24, 2.45) is 0 Å². The first-order valence-electron chi connectivity index (χ1n) is 6.65. The Hall–Kier alpha value is -2.39. The normalized spacial score (nSPS) is 10.8. The van der Waals surface area contributed by atoms with Gasteiger partial charge in [-0.25, -0.2) is 0 Å². The molecule has 3 nitrogen and oxygen atoms in total. The molecule has 0 aliphatic carbocycles. The molecule has 0 fully saturated rings. The van der Waals surface area contributed by atoms with Crippen molar-refractivity contribution in [2.45, 2.75) is 13.1 Å². The first kappa shape index (κ1) is 12.6. The second-order valence-electron chi connectivity index (χ2n) is 4.71. The Balaban J connectivity index is 1.79. The number of hydrogen-bond acceptors (Lipinski definition) is 3. The molecule has 0 amide bonds. The van der Waals surface area contributed by atoms with Gasteiger partial charge in [0.25, 0.3) is 0 Å². The average Bonchev–Trinajstić information content (AvgIpc) is 2.50. The van der Waals surface area contributed by atoms with Crippen molar-refractivity contribution in [3.8, 4) is 5.75 Å². The van der Waals surface area contributed by atoms with Crippen molar-refractivity contribution in [1.29, 1.82) is 0 Å². The molecule has 3 aromatic rings. The van der Waals surface area contributed by atoms with Crippen LogP contribution in [0, 0.1) is 0 Å². The number of nitrogens with zero attached hydrogens (tertiary/aromatic N) is 1. The van der Waals surface area contributed by atoms with Gasteiger partial charge < -0.3 is 10.4 Å². The smallest absolute Gasteiger partial charge is 0.120 e. The maximum Gasteiger partial charge on any atom is 0.120 e. The van der Waals surface area contributed by atoms with E-state index < -0.39 is 0 Å². The molecule has 100 valence electrons. The Morgan fingerprint density at radius 2 is 1.75 bits per heavy atom. The van der Waals surface area contributed by atoms with E-state index in [-0.39, 0.29) is 0 Å². The fourth-order valence-corrected chi connectivity index (χ4v) is 2.33. The summed E-state index contributed by atoms with van der Waals surface area (Å²) in [5, 5.41) is 15.6. The number of nitrogens with one attached hydrogen (secondary N) is 1. The number of aromatic nitrogens is 1. The van der Waals surface area contributed by atoms with Crippen LogP contribution in [0.1, 0.15) is 11.3 Å². The summed E-state index contributed by atoms with van der Waals surface area (Å²) in [5.74, 6) is 0.331. The molecule has 0 atom stereocenters. The van der Waals surface area contributed by atoms with Gasteiger partial charge in [0.1, 0.15) is 5.75 Å². The molecule has 3 heteroatoms. The van der Waals surface area contributed by atoms with E-state index >= 15 is 0 Å². The molecule has 1 heterocycles. The monoisotopic (exact) mass is 264 g/mol. The Morgan fingerprint density at radius 1 is 0.900 bits per heavy atom. The van der Waals surface area contributed by atoms with Crippen molar-refractivity contribution in [3.63, 3.8) is 0 Å². The van der Waals surface area contributed by atoms with E-state index in [4.69, 9.17) is 0 Å². The number of pyridine rings is 1. The first-order chi connectivity index (χ1) is 9.84. The van der Waals surface area contributed by atoms with Gasteiger partial charge in [-0.2, -0.15) is 0 Å². The molecule has 1 aromatic heterocycles. The summed E-state index contributed by atoms with van der Waals surface area (Å²) in [6.07, 6.45) is 1.78. The van der Waals surface area contributed by atoms with Crippen LogP contribution in [0.3, 0.4) is 0 Å². The Kier molecular flexibility index (Phi) is 3.61. The number of fused-ring (bicyclic) bond motifs is 1. The summed E-state index contributed by atoms with van der Waals surface area (Å²) in [7, 11) is 0. The minimum atomic E-state index is 0.331. The van der Waals surface area contributed by atoms with Gasteiger partial charge in [-0.3, -0.25) is 4.98 Å². The number of rotatable bonds is 4. The second-order valence-corrected chi connectivity index (χ2v) is 4.71. The Labute approximate surface area is 117 Å². The Bertz CT molecular complexity index is 711. The predicted octanol–water partition coefficient (Wildman–Crippen LogP) is 3.23. The van der Waals surface area contributed by atoms with Gasteiger partial charge in [0, 0.05) is 24.8 Å². The predicted molar refractivity (Wildman–Crippen MR) is 80.4 cm³/mol. The molecule has 0 saturated heterocycles. The number of benzene rings is 2. The average molecular weight is 264 g/mol. The van der Waals surface area contributed by atoms with Gasteiger partial charge in [0.2, 0.25) is 0 Å². The molecular formula is C17H16N2O. The summed E-state index contributed by atoms with van der Waals surface area (Å²) in [6, 6.07) is 17.6. The Morgan fingerprint density at radius 3 is 2.60 bits per heavy atom. The summed E-state index contributed by atoms with van der Waals surface area (Å²) in [6.45, 7) is 1.30.